The molecule has 0 bridgehead atoms. The number of unbranched alkanes of at least 4 members (excludes halogenated alkanes) is 5. The van der Waals surface area contributed by atoms with Crippen LogP contribution in [-0.4, -0.2) is 24.1 Å². The van der Waals surface area contributed by atoms with Crippen LogP contribution in [0.15, 0.2) is 28.5 Å². The van der Waals surface area contributed by atoms with Crippen LogP contribution in [-0.2, 0) is 15.7 Å². The Morgan fingerprint density at radius 1 is 1.07 bits per heavy atom. The highest BCUT2D eigenvalue weighted by molar-refractivity contribution is 8.23. The summed E-state index contributed by atoms with van der Waals surface area (Å²) in [6.07, 6.45) is 3.02. The smallest absolute Gasteiger partial charge is 0.416 e. The summed E-state index contributed by atoms with van der Waals surface area (Å²) in [5.74, 6) is 1.19. The van der Waals surface area contributed by atoms with Crippen molar-refractivity contribution in [2.24, 2.45) is 0 Å². The first kappa shape index (κ1) is 23.2. The fraction of sp³-hybridized carbons (Fsp3) is 0.571. The summed E-state index contributed by atoms with van der Waals surface area (Å²) < 4.78 is 45.5. The third kappa shape index (κ3) is 7.39. The van der Waals surface area contributed by atoms with E-state index in [4.69, 9.17) is 4.74 Å². The van der Waals surface area contributed by atoms with Crippen molar-refractivity contribution >= 4 is 35.1 Å². The molecular formula is C21H27F3O2S2. The molecule has 0 atom stereocenters. The average molecular weight is 433 g/mol. The van der Waals surface area contributed by atoms with Crippen LogP contribution in [0.5, 0.6) is 0 Å². The molecular weight excluding hydrogens is 405 g/mol. The van der Waals surface area contributed by atoms with Gasteiger partial charge in [-0.05, 0) is 42.0 Å². The van der Waals surface area contributed by atoms with Crippen LogP contribution in [0.4, 0.5) is 13.2 Å². The highest BCUT2D eigenvalue weighted by atomic mass is 32.2. The van der Waals surface area contributed by atoms with Crippen molar-refractivity contribution in [2.45, 2.75) is 58.0 Å². The lowest BCUT2D eigenvalue weighted by molar-refractivity contribution is -0.138. The quantitative estimate of drug-likeness (QED) is 0.235. The Morgan fingerprint density at radius 2 is 1.75 bits per heavy atom. The third-order valence-corrected chi connectivity index (χ3v) is 7.00. The number of carbonyl (C=O) groups is 1. The van der Waals surface area contributed by atoms with Crippen LogP contribution < -0.4 is 0 Å². The first-order valence-electron chi connectivity index (χ1n) is 9.78. The van der Waals surface area contributed by atoms with Gasteiger partial charge in [-0.1, -0.05) is 51.2 Å². The molecule has 156 valence electrons. The van der Waals surface area contributed by atoms with Gasteiger partial charge < -0.3 is 4.74 Å². The molecule has 0 aromatic heterocycles. The third-order valence-electron chi connectivity index (χ3n) is 4.37. The number of alkyl halides is 3. The zero-order valence-electron chi connectivity index (χ0n) is 16.1. The first-order chi connectivity index (χ1) is 13.4. The number of rotatable bonds is 9. The number of benzene rings is 1. The molecule has 1 aromatic carbocycles. The zero-order chi connectivity index (χ0) is 20.4. The van der Waals surface area contributed by atoms with E-state index in [0.717, 1.165) is 53.6 Å². The topological polar surface area (TPSA) is 26.3 Å². The second-order valence-corrected chi connectivity index (χ2v) is 9.16. The Morgan fingerprint density at radius 3 is 2.43 bits per heavy atom. The first-order valence-corrected chi connectivity index (χ1v) is 11.7. The van der Waals surface area contributed by atoms with Gasteiger partial charge in [0.25, 0.3) is 0 Å². The molecule has 0 spiro atoms. The number of halogens is 3. The van der Waals surface area contributed by atoms with Gasteiger partial charge in [0.1, 0.15) is 0 Å². The number of thioether (sulfide) groups is 2. The van der Waals surface area contributed by atoms with Gasteiger partial charge in [-0.2, -0.15) is 13.2 Å². The van der Waals surface area contributed by atoms with Crippen LogP contribution >= 0.6 is 23.5 Å². The Labute approximate surface area is 173 Å². The summed E-state index contributed by atoms with van der Waals surface area (Å²) in [6.45, 7) is 2.46. The van der Waals surface area contributed by atoms with Crippen LogP contribution in [0.1, 0.15) is 63.0 Å². The lowest BCUT2D eigenvalue weighted by Crippen LogP contribution is -2.12. The van der Waals surface area contributed by atoms with Gasteiger partial charge >= 0.3 is 12.1 Å². The van der Waals surface area contributed by atoms with E-state index in [-0.39, 0.29) is 11.1 Å². The van der Waals surface area contributed by atoms with E-state index in [2.05, 4.69) is 6.92 Å². The van der Waals surface area contributed by atoms with Crippen LogP contribution in [0.3, 0.4) is 0 Å². The molecule has 0 amide bonds. The Balaban J connectivity index is 2.10. The highest BCUT2D eigenvalue weighted by Crippen LogP contribution is 2.41. The molecule has 0 radical (unpaired) electrons. The van der Waals surface area contributed by atoms with Crippen LogP contribution in [0.25, 0.3) is 5.57 Å². The second kappa shape index (κ2) is 11.8. The summed E-state index contributed by atoms with van der Waals surface area (Å²) in [4.78, 5) is 12.8. The van der Waals surface area contributed by atoms with Gasteiger partial charge in [-0.25, -0.2) is 4.79 Å². The van der Waals surface area contributed by atoms with Crippen molar-refractivity contribution < 1.29 is 22.7 Å². The Hall–Kier alpha value is -1.08. The van der Waals surface area contributed by atoms with Crippen molar-refractivity contribution in [1.29, 1.82) is 0 Å². The molecule has 1 saturated heterocycles. The van der Waals surface area contributed by atoms with E-state index in [1.54, 1.807) is 6.07 Å². The minimum Gasteiger partial charge on any atom is -0.462 e. The number of ether oxygens (including phenoxy) is 1. The Bertz CT molecular complexity index is 664. The van der Waals surface area contributed by atoms with Crippen LogP contribution in [0.2, 0.25) is 0 Å². The number of hydrogen-bond acceptors (Lipinski definition) is 4. The lowest BCUT2D eigenvalue weighted by atomic mass is 10.0. The molecule has 28 heavy (non-hydrogen) atoms. The highest BCUT2D eigenvalue weighted by Gasteiger charge is 2.31. The van der Waals surface area contributed by atoms with E-state index < -0.39 is 17.7 Å². The summed E-state index contributed by atoms with van der Waals surface area (Å²) in [5.41, 5.74) is -0.205. The zero-order valence-corrected chi connectivity index (χ0v) is 17.8. The SMILES string of the molecule is CCCCCCCCOC(=O)C(=C1SCCCS1)c1cccc(C(F)(F)F)c1. The van der Waals surface area contributed by atoms with Gasteiger partial charge in [0.05, 0.1) is 22.0 Å². The van der Waals surface area contributed by atoms with Gasteiger partial charge in [0.15, 0.2) is 0 Å². The molecule has 0 aliphatic carbocycles. The summed E-state index contributed by atoms with van der Waals surface area (Å²) in [6, 6.07) is 4.97. The molecule has 0 N–H and O–H groups in total. The molecule has 1 heterocycles. The number of carbonyl (C=O) groups excluding carboxylic acids is 1. The Kier molecular flexibility index (Phi) is 9.79. The number of hydrogen-bond donors (Lipinski definition) is 0. The molecule has 1 aliphatic rings. The van der Waals surface area contributed by atoms with Crippen molar-refractivity contribution in [3.05, 3.63) is 39.6 Å². The minimum absolute atomic E-state index is 0.270. The maximum atomic E-state index is 13.1. The molecule has 2 rings (SSSR count). The molecule has 2 nitrogen and oxygen atoms in total. The van der Waals surface area contributed by atoms with Gasteiger partial charge in [-0.15, -0.1) is 23.5 Å². The van der Waals surface area contributed by atoms with E-state index in [9.17, 15) is 18.0 Å². The van der Waals surface area contributed by atoms with E-state index in [1.165, 1.54) is 48.9 Å². The van der Waals surface area contributed by atoms with Gasteiger partial charge in [0.2, 0.25) is 0 Å². The normalized spacial score (nSPS) is 14.8. The maximum absolute atomic E-state index is 13.1. The van der Waals surface area contributed by atoms with Gasteiger partial charge in [0, 0.05) is 0 Å². The summed E-state index contributed by atoms with van der Waals surface area (Å²) >= 11 is 3.04. The van der Waals surface area contributed by atoms with Crippen molar-refractivity contribution in [1.82, 2.24) is 0 Å². The largest absolute Gasteiger partial charge is 0.462 e. The average Bonchev–Trinajstić information content (AvgIpc) is 2.68. The molecule has 0 unspecified atom stereocenters. The standard InChI is InChI=1S/C21H27F3O2S2/c1-2-3-4-5-6-7-12-26-19(25)18(20-27-13-9-14-28-20)16-10-8-11-17(15-16)21(22,23)24/h8,10-11,15H,2-7,9,12-14H2,1H3. The maximum Gasteiger partial charge on any atom is 0.416 e. The van der Waals surface area contributed by atoms with Crippen molar-refractivity contribution in [3.8, 4) is 0 Å². The van der Waals surface area contributed by atoms with Crippen LogP contribution in [0, 0.1) is 0 Å². The summed E-state index contributed by atoms with van der Waals surface area (Å²) in [7, 11) is 0. The fourth-order valence-corrected chi connectivity index (χ4v) is 5.52. The molecule has 7 heteroatoms. The van der Waals surface area contributed by atoms with E-state index >= 15 is 0 Å². The summed E-state index contributed by atoms with van der Waals surface area (Å²) in [5, 5.41) is 0. The monoisotopic (exact) mass is 432 g/mol. The van der Waals surface area contributed by atoms with Crippen molar-refractivity contribution in [3.63, 3.8) is 0 Å². The van der Waals surface area contributed by atoms with E-state index in [0.29, 0.717) is 6.61 Å². The number of esters is 1. The van der Waals surface area contributed by atoms with Crippen molar-refractivity contribution in [2.75, 3.05) is 18.1 Å². The van der Waals surface area contributed by atoms with E-state index in [1.807, 2.05) is 0 Å². The molecule has 1 aliphatic heterocycles. The minimum atomic E-state index is -4.44. The molecule has 1 aromatic rings. The van der Waals surface area contributed by atoms with Gasteiger partial charge in [-0.3, -0.25) is 0 Å². The predicted octanol–water partition coefficient (Wildman–Crippen LogP) is 7.15. The predicted molar refractivity (Wildman–Crippen MR) is 112 cm³/mol. The second-order valence-electron chi connectivity index (χ2n) is 6.70. The molecule has 1 fully saturated rings. The molecule has 0 saturated carbocycles. The fourth-order valence-electron chi connectivity index (χ4n) is 2.86. The lowest BCUT2D eigenvalue weighted by Gasteiger charge is -2.18.